The van der Waals surface area contributed by atoms with Crippen LogP contribution in [0, 0.1) is 0 Å². The highest BCUT2D eigenvalue weighted by Gasteiger charge is 2.30. The summed E-state index contributed by atoms with van der Waals surface area (Å²) in [5, 5.41) is 11.5. The molecule has 0 spiro atoms. The van der Waals surface area contributed by atoms with E-state index in [2.05, 4.69) is 34.0 Å². The van der Waals surface area contributed by atoms with Gasteiger partial charge in [0.2, 0.25) is 0 Å². The summed E-state index contributed by atoms with van der Waals surface area (Å²) < 4.78 is 5.86. The summed E-state index contributed by atoms with van der Waals surface area (Å²) in [5.41, 5.74) is 3.34. The molecule has 1 fully saturated rings. The molecule has 2 aliphatic rings. The van der Waals surface area contributed by atoms with Crippen LogP contribution in [0.4, 0.5) is 0 Å². The minimum Gasteiger partial charge on any atom is -0.489 e. The Morgan fingerprint density at radius 2 is 2.21 bits per heavy atom. The molecule has 1 saturated heterocycles. The normalized spacial score (nSPS) is 22.1. The summed E-state index contributed by atoms with van der Waals surface area (Å²) in [5.74, 6) is 0.881. The summed E-state index contributed by atoms with van der Waals surface area (Å²) in [6.45, 7) is 3.95. The van der Waals surface area contributed by atoms with E-state index in [1.807, 2.05) is 36.5 Å². The predicted octanol–water partition coefficient (Wildman–Crippen LogP) is 3.12. The van der Waals surface area contributed by atoms with Crippen molar-refractivity contribution in [2.45, 2.75) is 25.0 Å². The molecule has 5 nitrogen and oxygen atoms in total. The Labute approximate surface area is 177 Å². The van der Waals surface area contributed by atoms with Crippen LogP contribution in [0.3, 0.4) is 0 Å². The zero-order chi connectivity index (χ0) is 20.2. The molecule has 2 aromatic rings. The highest BCUT2D eigenvalue weighted by atomic mass is 35.5. The number of aliphatic hydroxyl groups is 1. The number of nitrogens with zero attached hydrogens (tertiary/aromatic N) is 3. The zero-order valence-electron chi connectivity index (χ0n) is 16.8. The van der Waals surface area contributed by atoms with Gasteiger partial charge in [0.25, 0.3) is 0 Å². The molecule has 2 atom stereocenters. The number of likely N-dealkylation sites (N-methyl/N-ethyl adjacent to an activating group) is 1. The highest BCUT2D eigenvalue weighted by molar-refractivity contribution is 6.30. The lowest BCUT2D eigenvalue weighted by Crippen LogP contribution is -2.53. The number of aliphatic hydroxyl groups excluding tert-OH is 1. The monoisotopic (exact) mass is 413 g/mol. The van der Waals surface area contributed by atoms with E-state index in [1.54, 1.807) is 0 Å². The SMILES string of the molecule is CN(CCc1ccccn1)[C@@H]1CCN(CC2=Cc3cc(Cl)ccc3OC2)C[C@H]1O. The standard InChI is InChI=1S/C23H28ClN3O2/c1-26(10-7-20-4-2-3-9-25-20)21-8-11-27(15-22(21)28)14-17-12-18-13-19(24)5-6-23(18)29-16-17/h2-6,9,12-13,21-22,28H,7-8,10-11,14-16H2,1H3/t21-,22-/m1/s1. The number of hydrogen-bond donors (Lipinski definition) is 1. The fraction of sp³-hybridized carbons (Fsp3) is 0.435. The second kappa shape index (κ2) is 9.26. The molecule has 2 aliphatic heterocycles. The number of halogens is 1. The number of β-amino-alcohol motifs (C(OH)–C–C–N with tert-alkyl or cyclic N) is 1. The fourth-order valence-corrected chi connectivity index (χ4v) is 4.40. The average Bonchev–Trinajstić information content (AvgIpc) is 2.72. The van der Waals surface area contributed by atoms with Gasteiger partial charge in [-0.15, -0.1) is 0 Å². The fourth-order valence-electron chi connectivity index (χ4n) is 4.22. The maximum Gasteiger partial charge on any atom is 0.127 e. The maximum absolute atomic E-state index is 10.8. The summed E-state index contributed by atoms with van der Waals surface area (Å²) in [4.78, 5) is 8.98. The van der Waals surface area contributed by atoms with Crippen molar-refractivity contribution in [1.82, 2.24) is 14.8 Å². The molecule has 0 unspecified atom stereocenters. The highest BCUT2D eigenvalue weighted by Crippen LogP contribution is 2.29. The van der Waals surface area contributed by atoms with Crippen molar-refractivity contribution in [3.63, 3.8) is 0 Å². The lowest BCUT2D eigenvalue weighted by molar-refractivity contribution is -0.00124. The zero-order valence-corrected chi connectivity index (χ0v) is 17.6. The van der Waals surface area contributed by atoms with Crippen molar-refractivity contribution >= 4 is 17.7 Å². The van der Waals surface area contributed by atoms with Crippen LogP contribution < -0.4 is 4.74 Å². The Hall–Kier alpha value is -1.92. The topological polar surface area (TPSA) is 48.8 Å². The number of piperidine rings is 1. The van der Waals surface area contributed by atoms with E-state index in [-0.39, 0.29) is 12.1 Å². The molecular weight excluding hydrogens is 386 g/mol. The van der Waals surface area contributed by atoms with Crippen molar-refractivity contribution in [3.8, 4) is 5.75 Å². The molecule has 0 aliphatic carbocycles. The van der Waals surface area contributed by atoms with Crippen molar-refractivity contribution < 1.29 is 9.84 Å². The minimum atomic E-state index is -0.357. The molecule has 0 amide bonds. The van der Waals surface area contributed by atoms with E-state index < -0.39 is 0 Å². The summed E-state index contributed by atoms with van der Waals surface area (Å²) in [7, 11) is 2.10. The Morgan fingerprint density at radius 3 is 3.00 bits per heavy atom. The molecule has 1 aromatic carbocycles. The molecule has 1 N–H and O–H groups in total. The molecule has 29 heavy (non-hydrogen) atoms. The second-order valence-corrected chi connectivity index (χ2v) is 8.42. The molecule has 154 valence electrons. The van der Waals surface area contributed by atoms with Gasteiger partial charge in [-0.05, 0) is 55.4 Å². The van der Waals surface area contributed by atoms with Crippen LogP contribution in [0.1, 0.15) is 17.7 Å². The van der Waals surface area contributed by atoms with Crippen LogP contribution in [-0.4, -0.2) is 71.9 Å². The van der Waals surface area contributed by atoms with E-state index >= 15 is 0 Å². The molecule has 6 heteroatoms. The number of rotatable bonds is 6. The maximum atomic E-state index is 10.8. The molecule has 4 rings (SSSR count). The third kappa shape index (κ3) is 5.17. The first-order chi connectivity index (χ1) is 14.1. The van der Waals surface area contributed by atoms with Crippen LogP contribution in [0.15, 0.2) is 48.2 Å². The molecule has 0 bridgehead atoms. The molecule has 3 heterocycles. The number of likely N-dealkylation sites (tertiary alicyclic amines) is 1. The largest absolute Gasteiger partial charge is 0.489 e. The van der Waals surface area contributed by atoms with E-state index in [9.17, 15) is 5.11 Å². The van der Waals surface area contributed by atoms with Crippen LogP contribution in [0.25, 0.3) is 6.08 Å². The number of benzene rings is 1. The smallest absolute Gasteiger partial charge is 0.127 e. The molecule has 0 radical (unpaired) electrons. The number of ether oxygens (including phenoxy) is 1. The van der Waals surface area contributed by atoms with Crippen LogP contribution in [-0.2, 0) is 6.42 Å². The van der Waals surface area contributed by atoms with Crippen LogP contribution in [0.2, 0.25) is 5.02 Å². The van der Waals surface area contributed by atoms with E-state index in [1.165, 1.54) is 5.57 Å². The van der Waals surface area contributed by atoms with Gasteiger partial charge >= 0.3 is 0 Å². The Bertz CT molecular complexity index is 858. The van der Waals surface area contributed by atoms with Gasteiger partial charge in [0.1, 0.15) is 12.4 Å². The van der Waals surface area contributed by atoms with E-state index in [4.69, 9.17) is 16.3 Å². The molecule has 1 aromatic heterocycles. The summed E-state index contributed by atoms with van der Waals surface area (Å²) in [6.07, 6.45) is 5.50. The van der Waals surface area contributed by atoms with Gasteiger partial charge in [0.15, 0.2) is 0 Å². The number of pyridine rings is 1. The predicted molar refractivity (Wildman–Crippen MR) is 116 cm³/mol. The average molecular weight is 414 g/mol. The van der Waals surface area contributed by atoms with Crippen molar-refractivity contribution in [1.29, 1.82) is 0 Å². The third-order valence-corrected chi connectivity index (χ3v) is 6.05. The van der Waals surface area contributed by atoms with Gasteiger partial charge < -0.3 is 14.7 Å². The minimum absolute atomic E-state index is 0.186. The van der Waals surface area contributed by atoms with Crippen LogP contribution >= 0.6 is 11.6 Å². The quantitative estimate of drug-likeness (QED) is 0.788. The Morgan fingerprint density at radius 1 is 1.31 bits per heavy atom. The lowest BCUT2D eigenvalue weighted by Gasteiger charge is -2.40. The van der Waals surface area contributed by atoms with Gasteiger partial charge in [-0.25, -0.2) is 0 Å². The molecule has 0 saturated carbocycles. The second-order valence-electron chi connectivity index (χ2n) is 7.98. The van der Waals surface area contributed by atoms with Gasteiger partial charge in [-0.1, -0.05) is 17.7 Å². The molecular formula is C23H28ClN3O2. The number of fused-ring (bicyclic) bond motifs is 1. The third-order valence-electron chi connectivity index (χ3n) is 5.81. The van der Waals surface area contributed by atoms with Gasteiger partial charge in [-0.2, -0.15) is 0 Å². The van der Waals surface area contributed by atoms with Gasteiger partial charge in [0.05, 0.1) is 6.10 Å². The first-order valence-electron chi connectivity index (χ1n) is 10.2. The van der Waals surface area contributed by atoms with Crippen LogP contribution in [0.5, 0.6) is 5.75 Å². The van der Waals surface area contributed by atoms with Crippen molar-refractivity contribution in [3.05, 3.63) is 64.4 Å². The Balaban J connectivity index is 1.30. The number of aromatic nitrogens is 1. The van der Waals surface area contributed by atoms with Crippen molar-refractivity contribution in [2.75, 3.05) is 39.8 Å². The van der Waals surface area contributed by atoms with Gasteiger partial charge in [0, 0.05) is 61.1 Å². The summed E-state index contributed by atoms with van der Waals surface area (Å²) >= 11 is 6.11. The van der Waals surface area contributed by atoms with E-state index in [0.29, 0.717) is 13.2 Å². The first-order valence-corrected chi connectivity index (χ1v) is 10.6. The Kier molecular flexibility index (Phi) is 6.50. The summed E-state index contributed by atoms with van der Waals surface area (Å²) in [6, 6.07) is 11.9. The number of hydrogen-bond acceptors (Lipinski definition) is 5. The lowest BCUT2D eigenvalue weighted by atomic mass is 9.99. The van der Waals surface area contributed by atoms with Crippen molar-refractivity contribution in [2.24, 2.45) is 0 Å². The van der Waals surface area contributed by atoms with E-state index in [0.717, 1.165) is 54.5 Å². The first kappa shape index (κ1) is 20.4. The van der Waals surface area contributed by atoms with Gasteiger partial charge in [-0.3, -0.25) is 9.88 Å².